The number of aryl methyl sites for hydroxylation is 6. The van der Waals surface area contributed by atoms with Crippen molar-refractivity contribution >= 4 is 61.7 Å². The van der Waals surface area contributed by atoms with Gasteiger partial charge in [-0.05, 0) is 98.5 Å². The Bertz CT molecular complexity index is 2290. The van der Waals surface area contributed by atoms with Gasteiger partial charge < -0.3 is 4.90 Å². The maximum absolute atomic E-state index is 2.51. The van der Waals surface area contributed by atoms with Gasteiger partial charge in [0.05, 0.1) is 5.69 Å². The molecule has 0 unspecified atom stereocenters. The molecule has 0 aliphatic heterocycles. The summed E-state index contributed by atoms with van der Waals surface area (Å²) in [5, 5.41) is 5.08. The summed E-state index contributed by atoms with van der Waals surface area (Å²) in [6.45, 7) is 27.4. The fraction of sp³-hybridized carbons (Fsp3) is 0.269. The molecule has 0 amide bonds. The predicted molar refractivity (Wildman–Crippen MR) is 239 cm³/mol. The minimum atomic E-state index is 0.0423. The first kappa shape index (κ1) is 37.2. The van der Waals surface area contributed by atoms with E-state index in [-0.39, 0.29) is 17.5 Å². The van der Waals surface area contributed by atoms with Crippen molar-refractivity contribution in [2.24, 2.45) is 0 Å². The first-order valence-electron chi connectivity index (χ1n) is 19.6. The average Bonchev–Trinajstić information content (AvgIpc) is 3.10. The molecule has 2 heteroatoms. The molecule has 0 aliphatic carbocycles. The molecule has 0 N–H and O–H groups in total. The van der Waals surface area contributed by atoms with Crippen molar-refractivity contribution in [1.82, 2.24) is 0 Å². The number of fused-ring (bicyclic) bond motifs is 2. The smallest absolute Gasteiger partial charge is 0.244 e. The van der Waals surface area contributed by atoms with Gasteiger partial charge in [0, 0.05) is 22.1 Å². The minimum absolute atomic E-state index is 0.0423. The monoisotopic (exact) mass is 705 g/mol. The Morgan fingerprint density at radius 3 is 1.02 bits per heavy atom. The van der Waals surface area contributed by atoms with E-state index in [9.17, 15) is 0 Å². The van der Waals surface area contributed by atoms with E-state index in [0.29, 0.717) is 0 Å². The van der Waals surface area contributed by atoms with Crippen LogP contribution in [-0.4, -0.2) is 6.71 Å². The van der Waals surface area contributed by atoms with Crippen LogP contribution in [-0.2, 0) is 10.8 Å². The van der Waals surface area contributed by atoms with Gasteiger partial charge >= 0.3 is 0 Å². The van der Waals surface area contributed by atoms with E-state index < -0.39 is 0 Å². The third-order valence-corrected chi connectivity index (χ3v) is 11.5. The highest BCUT2D eigenvalue weighted by Gasteiger charge is 2.33. The number of nitrogens with zero attached hydrogens (tertiary/aromatic N) is 1. The van der Waals surface area contributed by atoms with Crippen LogP contribution >= 0.6 is 0 Å². The van der Waals surface area contributed by atoms with Crippen molar-refractivity contribution in [1.29, 1.82) is 0 Å². The van der Waals surface area contributed by atoms with Gasteiger partial charge in [-0.1, -0.05) is 188 Å². The lowest BCUT2D eigenvalue weighted by Gasteiger charge is -2.32. The lowest BCUT2D eigenvalue weighted by atomic mass is 9.33. The molecule has 0 bridgehead atoms. The van der Waals surface area contributed by atoms with E-state index >= 15 is 0 Å². The van der Waals surface area contributed by atoms with Crippen molar-refractivity contribution in [2.45, 2.75) is 93.9 Å². The van der Waals surface area contributed by atoms with Crippen LogP contribution in [0, 0.1) is 41.5 Å². The van der Waals surface area contributed by atoms with Gasteiger partial charge in [0.2, 0.25) is 6.71 Å². The second-order valence-corrected chi connectivity index (χ2v) is 17.8. The summed E-state index contributed by atoms with van der Waals surface area (Å²) in [7, 11) is 0. The molecular formula is C52H56BN. The molecule has 0 atom stereocenters. The fourth-order valence-corrected chi connectivity index (χ4v) is 9.05. The first-order valence-corrected chi connectivity index (χ1v) is 19.6. The highest BCUT2D eigenvalue weighted by molar-refractivity contribution is 6.99. The predicted octanol–water partition coefficient (Wildman–Crippen LogP) is 12.4. The fourth-order valence-electron chi connectivity index (χ4n) is 9.05. The summed E-state index contributed by atoms with van der Waals surface area (Å²) in [6, 6.07) is 46.3. The van der Waals surface area contributed by atoms with Crippen LogP contribution in [0.5, 0.6) is 0 Å². The molecule has 1 nitrogen and oxygen atoms in total. The Balaban J connectivity index is 1.62. The summed E-state index contributed by atoms with van der Waals surface area (Å²) in [4.78, 5) is 2.51. The van der Waals surface area contributed by atoms with Crippen LogP contribution in [0.1, 0.15) is 86.1 Å². The van der Waals surface area contributed by atoms with Crippen LogP contribution in [0.4, 0.5) is 17.1 Å². The molecule has 7 rings (SSSR count). The molecular weight excluding hydrogens is 649 g/mol. The van der Waals surface area contributed by atoms with Crippen LogP contribution < -0.4 is 21.3 Å². The van der Waals surface area contributed by atoms with Crippen LogP contribution in [0.3, 0.4) is 0 Å². The Labute approximate surface area is 325 Å². The molecule has 272 valence electrons. The zero-order valence-corrected chi connectivity index (χ0v) is 34.6. The highest BCUT2D eigenvalue weighted by atomic mass is 15.1. The van der Waals surface area contributed by atoms with E-state index in [1.165, 1.54) is 88.1 Å². The van der Waals surface area contributed by atoms with Gasteiger partial charge in [0.1, 0.15) is 0 Å². The molecule has 0 saturated carbocycles. The van der Waals surface area contributed by atoms with E-state index in [1.807, 2.05) is 0 Å². The maximum Gasteiger partial charge on any atom is 0.244 e. The lowest BCUT2D eigenvalue weighted by molar-refractivity contribution is 0.590. The Hall–Kier alpha value is -5.08. The van der Waals surface area contributed by atoms with Gasteiger partial charge in [0.15, 0.2) is 0 Å². The van der Waals surface area contributed by atoms with E-state index in [1.54, 1.807) is 0 Å². The Kier molecular flexibility index (Phi) is 9.63. The molecule has 0 fully saturated rings. The average molecular weight is 706 g/mol. The van der Waals surface area contributed by atoms with Gasteiger partial charge in [0.25, 0.3) is 0 Å². The van der Waals surface area contributed by atoms with Crippen molar-refractivity contribution in [3.8, 4) is 0 Å². The molecule has 54 heavy (non-hydrogen) atoms. The van der Waals surface area contributed by atoms with Crippen molar-refractivity contribution in [2.75, 3.05) is 4.90 Å². The molecule has 0 heterocycles. The quantitative estimate of drug-likeness (QED) is 0.123. The van der Waals surface area contributed by atoms with Gasteiger partial charge in [-0.2, -0.15) is 0 Å². The molecule has 0 saturated heterocycles. The maximum atomic E-state index is 2.51. The van der Waals surface area contributed by atoms with Gasteiger partial charge in [-0.3, -0.25) is 0 Å². The largest absolute Gasteiger partial charge is 0.309 e. The summed E-state index contributed by atoms with van der Waals surface area (Å²) >= 11 is 0. The van der Waals surface area contributed by atoms with Crippen molar-refractivity contribution in [3.63, 3.8) is 0 Å². The second-order valence-electron chi connectivity index (χ2n) is 17.8. The highest BCUT2D eigenvalue weighted by Crippen LogP contribution is 2.44. The SMILES string of the molecule is Cc1cc(C)c(B(c2c(C)cc(C)cc2C)c2c3ccccc3c(N(c3ccc(C(C)(C)C)cc3)c3ccc(C(C)(C)C)cc3)c3ccccc23)c(C)c1. The second kappa shape index (κ2) is 14.0. The number of hydrogen-bond acceptors (Lipinski definition) is 1. The topological polar surface area (TPSA) is 3.24 Å². The van der Waals surface area contributed by atoms with E-state index in [2.05, 4.69) is 209 Å². The molecule has 7 aromatic carbocycles. The molecule has 0 radical (unpaired) electrons. The van der Waals surface area contributed by atoms with Crippen LogP contribution in [0.15, 0.2) is 121 Å². The van der Waals surface area contributed by atoms with Gasteiger partial charge in [-0.15, -0.1) is 0 Å². The minimum Gasteiger partial charge on any atom is -0.309 e. The van der Waals surface area contributed by atoms with Crippen molar-refractivity contribution in [3.05, 3.63) is 166 Å². The summed E-state index contributed by atoms with van der Waals surface area (Å²) < 4.78 is 0. The normalized spacial score (nSPS) is 12.1. The summed E-state index contributed by atoms with van der Waals surface area (Å²) in [5.74, 6) is 0. The molecule has 0 spiro atoms. The van der Waals surface area contributed by atoms with Gasteiger partial charge in [-0.25, -0.2) is 0 Å². The van der Waals surface area contributed by atoms with Crippen LogP contribution in [0.2, 0.25) is 0 Å². The standard InChI is InChI=1S/C52H56BN/c1-33-29-35(3)47(36(4)30-33)53(48-37(5)31-34(2)32-38(48)6)49-43-17-13-15-19-45(43)50(46-20-16-14-18-44(46)49)54(41-25-21-39(22-26-41)51(7,8)9)42-27-23-40(24-28-42)52(10,11)12/h13-32H,1-12H3. The third-order valence-electron chi connectivity index (χ3n) is 11.5. The first-order chi connectivity index (χ1) is 25.5. The molecule has 0 aliphatic rings. The zero-order chi connectivity index (χ0) is 38.7. The zero-order valence-electron chi connectivity index (χ0n) is 34.6. The number of rotatable bonds is 6. The number of benzene rings is 7. The Morgan fingerprint density at radius 2 is 0.704 bits per heavy atom. The lowest BCUT2D eigenvalue weighted by Crippen LogP contribution is -2.56. The summed E-state index contributed by atoms with van der Waals surface area (Å²) in [6.07, 6.45) is 0. The summed E-state index contributed by atoms with van der Waals surface area (Å²) in [5.41, 5.74) is 18.5. The Morgan fingerprint density at radius 1 is 0.389 bits per heavy atom. The van der Waals surface area contributed by atoms with E-state index in [0.717, 1.165) is 11.4 Å². The van der Waals surface area contributed by atoms with Crippen LogP contribution in [0.25, 0.3) is 21.5 Å². The number of anilines is 3. The van der Waals surface area contributed by atoms with E-state index in [4.69, 9.17) is 0 Å². The van der Waals surface area contributed by atoms with Crippen molar-refractivity contribution < 1.29 is 0 Å². The molecule has 0 aromatic heterocycles. The molecule has 7 aromatic rings. The number of hydrogen-bond donors (Lipinski definition) is 0. The third kappa shape index (κ3) is 6.77.